The molecule has 1 saturated carbocycles. The van der Waals surface area contributed by atoms with E-state index in [0.29, 0.717) is 12.3 Å². The van der Waals surface area contributed by atoms with Crippen LogP contribution in [0.15, 0.2) is 35.3 Å². The van der Waals surface area contributed by atoms with Crippen molar-refractivity contribution >= 4 is 35.8 Å². The lowest BCUT2D eigenvalue weighted by Gasteiger charge is -2.28. The van der Waals surface area contributed by atoms with Crippen molar-refractivity contribution in [3.8, 4) is 0 Å². The summed E-state index contributed by atoms with van der Waals surface area (Å²) < 4.78 is 0. The van der Waals surface area contributed by atoms with Gasteiger partial charge >= 0.3 is 0 Å². The molecule has 1 unspecified atom stereocenters. The molecule has 1 amide bonds. The molecule has 30 heavy (non-hydrogen) atoms. The lowest BCUT2D eigenvalue weighted by atomic mass is 9.81. The minimum atomic E-state index is 0. The zero-order valence-electron chi connectivity index (χ0n) is 18.6. The third-order valence-corrected chi connectivity index (χ3v) is 6.69. The van der Waals surface area contributed by atoms with Crippen molar-refractivity contribution in [3.63, 3.8) is 0 Å². The summed E-state index contributed by atoms with van der Waals surface area (Å²) in [7, 11) is 1.83. The van der Waals surface area contributed by atoms with E-state index >= 15 is 0 Å². The van der Waals surface area contributed by atoms with Crippen LogP contribution >= 0.6 is 24.0 Å². The highest BCUT2D eigenvalue weighted by molar-refractivity contribution is 14.0. The van der Waals surface area contributed by atoms with Crippen LogP contribution in [-0.4, -0.2) is 50.0 Å². The van der Waals surface area contributed by atoms with E-state index in [0.717, 1.165) is 50.4 Å². The molecule has 0 spiro atoms. The number of guanidine groups is 1. The van der Waals surface area contributed by atoms with Crippen molar-refractivity contribution < 1.29 is 4.79 Å². The fourth-order valence-electron chi connectivity index (χ4n) is 4.66. The summed E-state index contributed by atoms with van der Waals surface area (Å²) in [5, 5.41) is 6.95. The number of aliphatic imine (C=N–C) groups is 1. The van der Waals surface area contributed by atoms with E-state index in [1.807, 2.05) is 18.0 Å². The smallest absolute Gasteiger partial charge is 0.223 e. The number of nitrogens with one attached hydrogen (secondary N) is 2. The van der Waals surface area contributed by atoms with Gasteiger partial charge in [-0.2, -0.15) is 0 Å². The van der Waals surface area contributed by atoms with Crippen molar-refractivity contribution in [1.82, 2.24) is 15.5 Å². The lowest BCUT2D eigenvalue weighted by Crippen LogP contribution is -2.42. The first kappa shape index (κ1) is 25.0. The van der Waals surface area contributed by atoms with Crippen LogP contribution in [0.2, 0.25) is 0 Å². The molecule has 1 aliphatic carbocycles. The number of likely N-dealkylation sites (tertiary alicyclic amines) is 1. The fourth-order valence-corrected chi connectivity index (χ4v) is 4.66. The van der Waals surface area contributed by atoms with E-state index < -0.39 is 0 Å². The van der Waals surface area contributed by atoms with Crippen molar-refractivity contribution in [3.05, 3.63) is 35.9 Å². The maximum atomic E-state index is 12.4. The molecule has 2 fully saturated rings. The third kappa shape index (κ3) is 7.75. The molecule has 1 aromatic carbocycles. The van der Waals surface area contributed by atoms with Crippen LogP contribution in [0.1, 0.15) is 51.0 Å². The van der Waals surface area contributed by atoms with Crippen molar-refractivity contribution in [2.24, 2.45) is 22.7 Å². The quantitative estimate of drug-likeness (QED) is 0.305. The third-order valence-electron chi connectivity index (χ3n) is 6.69. The molecule has 1 atom stereocenters. The van der Waals surface area contributed by atoms with Crippen LogP contribution in [-0.2, 0) is 11.2 Å². The first-order valence-corrected chi connectivity index (χ1v) is 11.4. The average Bonchev–Trinajstić information content (AvgIpc) is 3.13. The second kappa shape index (κ2) is 13.2. The van der Waals surface area contributed by atoms with E-state index in [2.05, 4.69) is 46.8 Å². The van der Waals surface area contributed by atoms with Gasteiger partial charge in [-0.25, -0.2) is 0 Å². The van der Waals surface area contributed by atoms with E-state index in [1.54, 1.807) is 0 Å². The van der Waals surface area contributed by atoms with Gasteiger partial charge in [-0.3, -0.25) is 9.79 Å². The Morgan fingerprint density at radius 3 is 2.30 bits per heavy atom. The van der Waals surface area contributed by atoms with Gasteiger partial charge < -0.3 is 15.5 Å². The number of amides is 1. The molecule has 3 rings (SSSR count). The first-order chi connectivity index (χ1) is 14.2. The van der Waals surface area contributed by atoms with E-state index in [-0.39, 0.29) is 29.9 Å². The molecular formula is C24H39IN4O. The molecule has 168 valence electrons. The molecule has 1 saturated heterocycles. The predicted molar refractivity (Wildman–Crippen MR) is 135 cm³/mol. The van der Waals surface area contributed by atoms with Gasteiger partial charge in [0.25, 0.3) is 0 Å². The molecule has 6 heteroatoms. The van der Waals surface area contributed by atoms with E-state index in [1.165, 1.54) is 37.7 Å². The van der Waals surface area contributed by atoms with Crippen LogP contribution in [0, 0.1) is 17.8 Å². The zero-order valence-corrected chi connectivity index (χ0v) is 20.9. The minimum Gasteiger partial charge on any atom is -0.356 e. The number of hydrogen-bond acceptors (Lipinski definition) is 2. The summed E-state index contributed by atoms with van der Waals surface area (Å²) in [6.45, 7) is 5.77. The minimum absolute atomic E-state index is 0. The molecule has 2 aliphatic rings. The summed E-state index contributed by atoms with van der Waals surface area (Å²) >= 11 is 0. The van der Waals surface area contributed by atoms with Crippen LogP contribution in [0.5, 0.6) is 0 Å². The molecule has 0 aromatic heterocycles. The highest BCUT2D eigenvalue weighted by atomic mass is 127. The Morgan fingerprint density at radius 2 is 1.67 bits per heavy atom. The normalized spacial score (nSPS) is 24.5. The average molecular weight is 527 g/mol. The Bertz CT molecular complexity index is 658. The molecule has 0 bridgehead atoms. The largest absolute Gasteiger partial charge is 0.356 e. The summed E-state index contributed by atoms with van der Waals surface area (Å²) in [4.78, 5) is 18.7. The monoisotopic (exact) mass is 526 g/mol. The summed E-state index contributed by atoms with van der Waals surface area (Å²) in [6.07, 6.45) is 8.30. The molecular weight excluding hydrogens is 487 g/mol. The number of hydrogen-bond donors (Lipinski definition) is 2. The highest BCUT2D eigenvalue weighted by Gasteiger charge is 2.29. The van der Waals surface area contributed by atoms with Gasteiger partial charge in [-0.1, -0.05) is 56.5 Å². The zero-order chi connectivity index (χ0) is 20.5. The standard InChI is InChI=1S/C24H38N4O.HI/c1-3-19-9-11-21(12-10-19)16-26-24(25-2)27-17-22-15-23(29)28(18-22)14-13-20-7-5-4-6-8-20;/h4-8,19,21-22H,3,9-18H2,1-2H3,(H2,25,26,27);1H. The van der Waals surface area contributed by atoms with Gasteiger partial charge in [0, 0.05) is 45.6 Å². The van der Waals surface area contributed by atoms with E-state index in [4.69, 9.17) is 0 Å². The van der Waals surface area contributed by atoms with Crippen molar-refractivity contribution in [1.29, 1.82) is 0 Å². The molecule has 1 heterocycles. The first-order valence-electron chi connectivity index (χ1n) is 11.4. The summed E-state index contributed by atoms with van der Waals surface area (Å²) in [5.74, 6) is 3.21. The van der Waals surface area contributed by atoms with Crippen molar-refractivity contribution in [2.75, 3.05) is 33.2 Å². The van der Waals surface area contributed by atoms with E-state index in [9.17, 15) is 4.79 Å². The number of carbonyl (C=O) groups is 1. The Kier molecular flexibility index (Phi) is 11.0. The number of nitrogens with zero attached hydrogens (tertiary/aromatic N) is 2. The number of carbonyl (C=O) groups excluding carboxylic acids is 1. The molecule has 2 N–H and O–H groups in total. The number of rotatable bonds is 8. The molecule has 5 nitrogen and oxygen atoms in total. The second-order valence-electron chi connectivity index (χ2n) is 8.77. The number of halogens is 1. The van der Waals surface area contributed by atoms with Gasteiger partial charge in [-0.15, -0.1) is 24.0 Å². The Hall–Kier alpha value is -1.31. The summed E-state index contributed by atoms with van der Waals surface area (Å²) in [6, 6.07) is 10.4. The van der Waals surface area contributed by atoms with Gasteiger partial charge in [0.2, 0.25) is 5.91 Å². The van der Waals surface area contributed by atoms with Crippen LogP contribution in [0.3, 0.4) is 0 Å². The SMILES string of the molecule is CCC1CCC(CNC(=NC)NCC2CC(=O)N(CCc3ccccc3)C2)CC1.I. The Labute approximate surface area is 199 Å². The Balaban J connectivity index is 0.00000320. The fraction of sp³-hybridized carbons (Fsp3) is 0.667. The molecule has 1 aliphatic heterocycles. The topological polar surface area (TPSA) is 56.7 Å². The summed E-state index contributed by atoms with van der Waals surface area (Å²) in [5.41, 5.74) is 1.29. The Morgan fingerprint density at radius 1 is 1.03 bits per heavy atom. The van der Waals surface area contributed by atoms with Gasteiger partial charge in [-0.05, 0) is 36.7 Å². The van der Waals surface area contributed by atoms with Gasteiger partial charge in [0.15, 0.2) is 5.96 Å². The maximum Gasteiger partial charge on any atom is 0.223 e. The lowest BCUT2D eigenvalue weighted by molar-refractivity contribution is -0.127. The highest BCUT2D eigenvalue weighted by Crippen LogP contribution is 2.30. The van der Waals surface area contributed by atoms with Crippen LogP contribution in [0.25, 0.3) is 0 Å². The molecule has 0 radical (unpaired) electrons. The van der Waals surface area contributed by atoms with Crippen LogP contribution < -0.4 is 10.6 Å². The predicted octanol–water partition coefficient (Wildman–Crippen LogP) is 4.08. The van der Waals surface area contributed by atoms with Gasteiger partial charge in [0.05, 0.1) is 0 Å². The van der Waals surface area contributed by atoms with Gasteiger partial charge in [0.1, 0.15) is 0 Å². The maximum absolute atomic E-state index is 12.4. The number of benzene rings is 1. The second-order valence-corrected chi connectivity index (χ2v) is 8.77. The molecule has 1 aromatic rings. The van der Waals surface area contributed by atoms with Crippen molar-refractivity contribution in [2.45, 2.75) is 51.9 Å². The van der Waals surface area contributed by atoms with Crippen LogP contribution in [0.4, 0.5) is 0 Å².